The molecule has 0 unspecified atom stereocenters. The molecule has 88 valence electrons. The Labute approximate surface area is 102 Å². The van der Waals surface area contributed by atoms with Gasteiger partial charge in [-0.05, 0) is 6.92 Å². The van der Waals surface area contributed by atoms with Crippen molar-refractivity contribution in [3.05, 3.63) is 40.7 Å². The third-order valence-electron chi connectivity index (χ3n) is 2.23. The number of hydrogen-bond acceptors (Lipinski definition) is 4. The Hall–Kier alpha value is -1.95. The molecule has 0 bridgehead atoms. The minimum atomic E-state index is -0.297. The van der Waals surface area contributed by atoms with Gasteiger partial charge < -0.3 is 5.32 Å². The van der Waals surface area contributed by atoms with Gasteiger partial charge in [-0.3, -0.25) is 9.89 Å². The van der Waals surface area contributed by atoms with Crippen LogP contribution in [-0.2, 0) is 6.54 Å². The Morgan fingerprint density at radius 1 is 1.41 bits per heavy atom. The number of aromatic nitrogens is 4. The summed E-state index contributed by atoms with van der Waals surface area (Å²) in [6, 6.07) is 0. The van der Waals surface area contributed by atoms with E-state index in [9.17, 15) is 4.79 Å². The smallest absolute Gasteiger partial charge is 0.271 e. The molecule has 7 heteroatoms. The van der Waals surface area contributed by atoms with Gasteiger partial charge in [0.05, 0.1) is 18.6 Å². The van der Waals surface area contributed by atoms with Crippen LogP contribution >= 0.6 is 11.6 Å². The molecule has 2 rings (SSSR count). The molecule has 0 saturated carbocycles. The van der Waals surface area contributed by atoms with Gasteiger partial charge in [-0.15, -0.1) is 0 Å². The van der Waals surface area contributed by atoms with Crippen molar-refractivity contribution in [2.24, 2.45) is 0 Å². The third kappa shape index (κ3) is 2.79. The number of rotatable bonds is 3. The number of H-pyrrole nitrogens is 1. The number of carbonyl (C=O) groups is 1. The molecule has 0 aliphatic carbocycles. The number of amides is 1. The first kappa shape index (κ1) is 11.5. The Bertz CT molecular complexity index is 522. The van der Waals surface area contributed by atoms with E-state index in [0.717, 1.165) is 11.3 Å². The standard InChI is InChI=1S/C10H10ClN5O/c1-6-7(3-15-16-6)2-14-10(17)8-4-13-9(11)5-12-8/h3-5H,2H2,1H3,(H,14,17)(H,15,16). The zero-order valence-electron chi connectivity index (χ0n) is 9.07. The summed E-state index contributed by atoms with van der Waals surface area (Å²) >= 11 is 5.58. The molecule has 0 aliphatic heterocycles. The highest BCUT2D eigenvalue weighted by Gasteiger charge is 2.08. The van der Waals surface area contributed by atoms with Crippen LogP contribution in [0.25, 0.3) is 0 Å². The minimum Gasteiger partial charge on any atom is -0.346 e. The number of hydrogen-bond donors (Lipinski definition) is 2. The highest BCUT2D eigenvalue weighted by atomic mass is 35.5. The van der Waals surface area contributed by atoms with Gasteiger partial charge in [-0.1, -0.05) is 11.6 Å². The second kappa shape index (κ2) is 4.92. The van der Waals surface area contributed by atoms with Crippen molar-refractivity contribution >= 4 is 17.5 Å². The van der Waals surface area contributed by atoms with Gasteiger partial charge in [0.15, 0.2) is 0 Å². The minimum absolute atomic E-state index is 0.232. The Kier molecular flexibility index (Phi) is 3.34. The number of aryl methyl sites for hydroxylation is 1. The van der Waals surface area contributed by atoms with E-state index in [1.165, 1.54) is 12.4 Å². The largest absolute Gasteiger partial charge is 0.346 e. The summed E-state index contributed by atoms with van der Waals surface area (Å²) in [7, 11) is 0. The topological polar surface area (TPSA) is 83.6 Å². The van der Waals surface area contributed by atoms with E-state index in [0.29, 0.717) is 6.54 Å². The molecule has 0 saturated heterocycles. The maximum absolute atomic E-state index is 11.7. The fraction of sp³-hybridized carbons (Fsp3) is 0.200. The fourth-order valence-electron chi connectivity index (χ4n) is 1.25. The lowest BCUT2D eigenvalue weighted by atomic mass is 10.2. The monoisotopic (exact) mass is 251 g/mol. The Morgan fingerprint density at radius 2 is 2.24 bits per heavy atom. The molecule has 0 aliphatic rings. The molecule has 2 heterocycles. The summed E-state index contributed by atoms with van der Waals surface area (Å²) in [6.07, 6.45) is 4.34. The van der Waals surface area contributed by atoms with Gasteiger partial charge in [0.2, 0.25) is 0 Å². The summed E-state index contributed by atoms with van der Waals surface area (Å²) in [5.41, 5.74) is 2.09. The molecule has 0 aromatic carbocycles. The number of carbonyl (C=O) groups excluding carboxylic acids is 1. The van der Waals surface area contributed by atoms with Gasteiger partial charge in [0.25, 0.3) is 5.91 Å². The van der Waals surface area contributed by atoms with Crippen LogP contribution in [0.15, 0.2) is 18.6 Å². The van der Waals surface area contributed by atoms with Crippen LogP contribution in [0.3, 0.4) is 0 Å². The molecule has 0 fully saturated rings. The van der Waals surface area contributed by atoms with Gasteiger partial charge in [0.1, 0.15) is 10.8 Å². The van der Waals surface area contributed by atoms with Gasteiger partial charge >= 0.3 is 0 Å². The average Bonchev–Trinajstić information content (AvgIpc) is 2.73. The van der Waals surface area contributed by atoms with E-state index < -0.39 is 0 Å². The number of nitrogens with one attached hydrogen (secondary N) is 2. The van der Waals surface area contributed by atoms with Crippen molar-refractivity contribution in [1.29, 1.82) is 0 Å². The summed E-state index contributed by atoms with van der Waals surface area (Å²) in [5.74, 6) is -0.297. The highest BCUT2D eigenvalue weighted by Crippen LogP contribution is 2.03. The molecule has 0 spiro atoms. The van der Waals surface area contributed by atoms with Crippen LogP contribution in [0.2, 0.25) is 5.15 Å². The molecule has 2 N–H and O–H groups in total. The molecule has 2 aromatic heterocycles. The first-order valence-electron chi connectivity index (χ1n) is 4.91. The van der Waals surface area contributed by atoms with E-state index in [-0.39, 0.29) is 16.8 Å². The van der Waals surface area contributed by atoms with Crippen molar-refractivity contribution in [2.45, 2.75) is 13.5 Å². The zero-order chi connectivity index (χ0) is 12.3. The molecular formula is C10H10ClN5O. The second-order valence-electron chi connectivity index (χ2n) is 3.43. The van der Waals surface area contributed by atoms with Crippen molar-refractivity contribution < 1.29 is 4.79 Å². The van der Waals surface area contributed by atoms with Crippen molar-refractivity contribution in [3.63, 3.8) is 0 Å². The van der Waals surface area contributed by atoms with Crippen molar-refractivity contribution in [1.82, 2.24) is 25.5 Å². The summed E-state index contributed by atoms with van der Waals surface area (Å²) in [5, 5.41) is 9.63. The van der Waals surface area contributed by atoms with E-state index in [2.05, 4.69) is 25.5 Å². The molecule has 0 atom stereocenters. The van der Waals surface area contributed by atoms with Crippen LogP contribution in [0.1, 0.15) is 21.7 Å². The van der Waals surface area contributed by atoms with E-state index in [1.54, 1.807) is 6.20 Å². The maximum atomic E-state index is 11.7. The number of halogens is 1. The Morgan fingerprint density at radius 3 is 2.82 bits per heavy atom. The highest BCUT2D eigenvalue weighted by molar-refractivity contribution is 6.29. The normalized spacial score (nSPS) is 10.2. The van der Waals surface area contributed by atoms with Crippen molar-refractivity contribution in [2.75, 3.05) is 0 Å². The summed E-state index contributed by atoms with van der Waals surface area (Å²) in [6.45, 7) is 2.28. The second-order valence-corrected chi connectivity index (χ2v) is 3.81. The maximum Gasteiger partial charge on any atom is 0.271 e. The molecule has 0 radical (unpaired) electrons. The molecule has 2 aromatic rings. The summed E-state index contributed by atoms with van der Waals surface area (Å²) < 4.78 is 0. The van der Waals surface area contributed by atoms with E-state index >= 15 is 0 Å². The van der Waals surface area contributed by atoms with Gasteiger partial charge in [-0.25, -0.2) is 9.97 Å². The SMILES string of the molecule is Cc1[nH]ncc1CNC(=O)c1cnc(Cl)cn1. The average molecular weight is 252 g/mol. The van der Waals surface area contributed by atoms with Crippen molar-refractivity contribution in [3.8, 4) is 0 Å². The van der Waals surface area contributed by atoms with Gasteiger partial charge in [-0.2, -0.15) is 5.10 Å². The number of nitrogens with zero attached hydrogens (tertiary/aromatic N) is 3. The predicted molar refractivity (Wildman–Crippen MR) is 61.5 cm³/mol. The molecule has 17 heavy (non-hydrogen) atoms. The van der Waals surface area contributed by atoms with E-state index in [4.69, 9.17) is 11.6 Å². The first-order chi connectivity index (χ1) is 8.16. The van der Waals surface area contributed by atoms with Crippen LogP contribution in [0.5, 0.6) is 0 Å². The summed E-state index contributed by atoms with van der Waals surface area (Å²) in [4.78, 5) is 19.3. The zero-order valence-corrected chi connectivity index (χ0v) is 9.82. The Balaban J connectivity index is 1.98. The van der Waals surface area contributed by atoms with Crippen LogP contribution in [0, 0.1) is 6.92 Å². The van der Waals surface area contributed by atoms with Crippen LogP contribution in [0.4, 0.5) is 0 Å². The lowest BCUT2D eigenvalue weighted by Gasteiger charge is -2.03. The van der Waals surface area contributed by atoms with Crippen LogP contribution in [-0.4, -0.2) is 26.1 Å². The molecular weight excluding hydrogens is 242 g/mol. The number of aromatic amines is 1. The molecule has 6 nitrogen and oxygen atoms in total. The fourth-order valence-corrected chi connectivity index (χ4v) is 1.35. The third-order valence-corrected chi connectivity index (χ3v) is 2.42. The molecule has 1 amide bonds. The predicted octanol–water partition coefficient (Wildman–Crippen LogP) is 1.09. The van der Waals surface area contributed by atoms with Gasteiger partial charge in [0, 0.05) is 17.8 Å². The lowest BCUT2D eigenvalue weighted by molar-refractivity contribution is 0.0945. The quantitative estimate of drug-likeness (QED) is 0.855. The van der Waals surface area contributed by atoms with Crippen LogP contribution < -0.4 is 5.32 Å². The van der Waals surface area contributed by atoms with E-state index in [1.807, 2.05) is 6.92 Å². The lowest BCUT2D eigenvalue weighted by Crippen LogP contribution is -2.24. The first-order valence-corrected chi connectivity index (χ1v) is 5.29.